The van der Waals surface area contributed by atoms with Gasteiger partial charge in [-0.2, -0.15) is 13.2 Å². The minimum atomic E-state index is -4.49. The van der Waals surface area contributed by atoms with E-state index >= 15 is 0 Å². The summed E-state index contributed by atoms with van der Waals surface area (Å²) in [6, 6.07) is 20.4. The molecule has 3 aromatic carbocycles. The Morgan fingerprint density at radius 2 is 1.71 bits per heavy atom. The van der Waals surface area contributed by atoms with Crippen LogP contribution in [0.2, 0.25) is 0 Å². The fourth-order valence-corrected chi connectivity index (χ4v) is 2.89. The van der Waals surface area contributed by atoms with Crippen molar-refractivity contribution in [3.63, 3.8) is 0 Å². The molecule has 0 aliphatic heterocycles. The number of benzene rings is 3. The average molecular weight is 426 g/mol. The fourth-order valence-electron chi connectivity index (χ4n) is 2.89. The quantitative estimate of drug-likeness (QED) is 0.491. The van der Waals surface area contributed by atoms with E-state index < -0.39 is 17.8 Å². The van der Waals surface area contributed by atoms with Crippen molar-refractivity contribution < 1.29 is 22.7 Å². The first-order chi connectivity index (χ1) is 14.9. The lowest BCUT2D eigenvalue weighted by Crippen LogP contribution is -2.35. The molecule has 0 radical (unpaired) electrons. The lowest BCUT2D eigenvalue weighted by Gasteiger charge is -2.22. The summed E-state index contributed by atoms with van der Waals surface area (Å²) in [6.45, 7) is 0.214. The number of rotatable bonds is 6. The predicted molar refractivity (Wildman–Crippen MR) is 116 cm³/mol. The molecule has 160 valence electrons. The zero-order chi connectivity index (χ0) is 22.3. The topological polar surface area (TPSA) is 41.6 Å². The van der Waals surface area contributed by atoms with E-state index in [1.165, 1.54) is 24.1 Å². The van der Waals surface area contributed by atoms with Crippen LogP contribution in [0, 0.1) is 0 Å². The molecule has 0 fully saturated rings. The SMILES string of the molecule is COc1ccc(N(CC=Cc2ccccc2)C(=O)Nc2cccc(C(F)(F)F)c2)cc1. The van der Waals surface area contributed by atoms with Gasteiger partial charge >= 0.3 is 12.2 Å². The van der Waals surface area contributed by atoms with Gasteiger partial charge in [0.05, 0.1) is 12.7 Å². The van der Waals surface area contributed by atoms with E-state index in [0.717, 1.165) is 17.7 Å². The number of carbonyl (C=O) groups excluding carboxylic acids is 1. The highest BCUT2D eigenvalue weighted by atomic mass is 19.4. The van der Waals surface area contributed by atoms with Crippen molar-refractivity contribution in [2.24, 2.45) is 0 Å². The van der Waals surface area contributed by atoms with Crippen molar-refractivity contribution in [3.8, 4) is 5.75 Å². The molecule has 0 aliphatic carbocycles. The van der Waals surface area contributed by atoms with Gasteiger partial charge in [-0.25, -0.2) is 4.79 Å². The number of amides is 2. The molecule has 0 heterocycles. The smallest absolute Gasteiger partial charge is 0.416 e. The molecule has 0 saturated carbocycles. The van der Waals surface area contributed by atoms with Crippen LogP contribution in [0.1, 0.15) is 11.1 Å². The summed E-state index contributed by atoms with van der Waals surface area (Å²) >= 11 is 0. The highest BCUT2D eigenvalue weighted by molar-refractivity contribution is 6.02. The lowest BCUT2D eigenvalue weighted by atomic mass is 10.2. The molecule has 3 rings (SSSR count). The standard InChI is InChI=1S/C24H21F3N2O2/c1-31-22-14-12-21(13-15-22)29(16-6-9-18-7-3-2-4-8-18)23(30)28-20-11-5-10-19(17-20)24(25,26)27/h2-15,17H,16H2,1H3,(H,28,30). The second-order valence-electron chi connectivity index (χ2n) is 6.63. The van der Waals surface area contributed by atoms with Gasteiger partial charge in [-0.3, -0.25) is 4.90 Å². The van der Waals surface area contributed by atoms with Gasteiger partial charge in [0.25, 0.3) is 0 Å². The van der Waals surface area contributed by atoms with Gasteiger partial charge in [-0.05, 0) is 48.0 Å². The van der Waals surface area contributed by atoms with Gasteiger partial charge in [0, 0.05) is 17.9 Å². The molecule has 0 aliphatic rings. The first kappa shape index (κ1) is 22.0. The van der Waals surface area contributed by atoms with Gasteiger partial charge < -0.3 is 10.1 Å². The number of alkyl halides is 3. The summed E-state index contributed by atoms with van der Waals surface area (Å²) in [5.41, 5.74) is 0.772. The Kier molecular flexibility index (Phi) is 6.97. The summed E-state index contributed by atoms with van der Waals surface area (Å²) in [5.74, 6) is 0.627. The van der Waals surface area contributed by atoms with Crippen molar-refractivity contribution in [2.45, 2.75) is 6.18 Å². The van der Waals surface area contributed by atoms with E-state index in [1.807, 2.05) is 42.5 Å². The predicted octanol–water partition coefficient (Wildman–Crippen LogP) is 6.47. The number of carbonyl (C=O) groups is 1. The Bertz CT molecular complexity index is 1030. The molecule has 1 N–H and O–H groups in total. The number of hydrogen-bond acceptors (Lipinski definition) is 2. The number of hydrogen-bond donors (Lipinski definition) is 1. The highest BCUT2D eigenvalue weighted by Gasteiger charge is 2.30. The van der Waals surface area contributed by atoms with Crippen LogP contribution in [0.4, 0.5) is 29.3 Å². The number of methoxy groups -OCH3 is 1. The van der Waals surface area contributed by atoms with Crippen LogP contribution in [0.5, 0.6) is 5.75 Å². The van der Waals surface area contributed by atoms with Gasteiger partial charge in [-0.15, -0.1) is 0 Å². The molecule has 2 amide bonds. The monoisotopic (exact) mass is 426 g/mol. The van der Waals surface area contributed by atoms with E-state index in [-0.39, 0.29) is 12.2 Å². The van der Waals surface area contributed by atoms with Crippen LogP contribution in [-0.4, -0.2) is 19.7 Å². The van der Waals surface area contributed by atoms with Crippen molar-refractivity contribution in [2.75, 3.05) is 23.9 Å². The second-order valence-corrected chi connectivity index (χ2v) is 6.63. The molecule has 0 atom stereocenters. The molecule has 7 heteroatoms. The summed E-state index contributed by atoms with van der Waals surface area (Å²) < 4.78 is 44.1. The minimum Gasteiger partial charge on any atom is -0.497 e. The zero-order valence-electron chi connectivity index (χ0n) is 16.8. The normalized spacial score (nSPS) is 11.4. The average Bonchev–Trinajstić information content (AvgIpc) is 2.77. The molecule has 0 saturated heterocycles. The lowest BCUT2D eigenvalue weighted by molar-refractivity contribution is -0.137. The van der Waals surface area contributed by atoms with E-state index in [2.05, 4.69) is 5.32 Å². The number of nitrogens with one attached hydrogen (secondary N) is 1. The Labute approximate surface area is 178 Å². The maximum absolute atomic E-state index is 13.0. The molecular weight excluding hydrogens is 405 g/mol. The molecule has 4 nitrogen and oxygen atoms in total. The van der Waals surface area contributed by atoms with Crippen LogP contribution in [0.25, 0.3) is 6.08 Å². The summed E-state index contributed by atoms with van der Waals surface area (Å²) in [5, 5.41) is 2.55. The first-order valence-electron chi connectivity index (χ1n) is 9.48. The molecule has 0 bridgehead atoms. The molecule has 0 unspecified atom stereocenters. The first-order valence-corrected chi connectivity index (χ1v) is 9.48. The third-order valence-electron chi connectivity index (χ3n) is 4.47. The molecular formula is C24H21F3N2O2. The fraction of sp³-hybridized carbons (Fsp3) is 0.125. The van der Waals surface area contributed by atoms with E-state index in [0.29, 0.717) is 11.4 Å². The van der Waals surface area contributed by atoms with Crippen molar-refractivity contribution in [1.82, 2.24) is 0 Å². The third kappa shape index (κ3) is 6.12. The number of urea groups is 1. The molecule has 0 aromatic heterocycles. The van der Waals surface area contributed by atoms with Gasteiger partial charge in [-0.1, -0.05) is 48.6 Å². The number of nitrogens with zero attached hydrogens (tertiary/aromatic N) is 1. The Balaban J connectivity index is 1.82. The zero-order valence-corrected chi connectivity index (χ0v) is 16.8. The van der Waals surface area contributed by atoms with E-state index in [1.54, 1.807) is 24.3 Å². The van der Waals surface area contributed by atoms with Crippen LogP contribution in [0.3, 0.4) is 0 Å². The molecule has 0 spiro atoms. The van der Waals surface area contributed by atoms with Crippen LogP contribution >= 0.6 is 0 Å². The van der Waals surface area contributed by atoms with E-state index in [9.17, 15) is 18.0 Å². The number of ether oxygens (including phenoxy) is 1. The largest absolute Gasteiger partial charge is 0.497 e. The maximum Gasteiger partial charge on any atom is 0.416 e. The van der Waals surface area contributed by atoms with Crippen molar-refractivity contribution in [1.29, 1.82) is 0 Å². The highest BCUT2D eigenvalue weighted by Crippen LogP contribution is 2.31. The molecule has 31 heavy (non-hydrogen) atoms. The minimum absolute atomic E-state index is 0.0605. The van der Waals surface area contributed by atoms with Gasteiger partial charge in [0.2, 0.25) is 0 Å². The van der Waals surface area contributed by atoms with Crippen LogP contribution in [0.15, 0.2) is 84.9 Å². The molecule has 3 aromatic rings. The Hall–Kier alpha value is -3.74. The maximum atomic E-state index is 13.0. The van der Waals surface area contributed by atoms with Gasteiger partial charge in [0.15, 0.2) is 0 Å². The van der Waals surface area contributed by atoms with Crippen LogP contribution in [-0.2, 0) is 6.18 Å². The number of anilines is 2. The van der Waals surface area contributed by atoms with Crippen LogP contribution < -0.4 is 15.0 Å². The summed E-state index contributed by atoms with van der Waals surface area (Å²) in [4.78, 5) is 14.4. The van der Waals surface area contributed by atoms with Crippen molar-refractivity contribution in [3.05, 3.63) is 96.1 Å². The van der Waals surface area contributed by atoms with Crippen molar-refractivity contribution >= 4 is 23.5 Å². The van der Waals surface area contributed by atoms with Gasteiger partial charge in [0.1, 0.15) is 5.75 Å². The number of halogens is 3. The van der Waals surface area contributed by atoms with E-state index in [4.69, 9.17) is 4.74 Å². The Morgan fingerprint density at radius 3 is 2.35 bits per heavy atom. The summed E-state index contributed by atoms with van der Waals surface area (Å²) in [7, 11) is 1.54. The third-order valence-corrected chi connectivity index (χ3v) is 4.47. The second kappa shape index (κ2) is 9.84. The Morgan fingerprint density at radius 1 is 1.00 bits per heavy atom. The summed E-state index contributed by atoms with van der Waals surface area (Å²) in [6.07, 6.45) is -0.811.